The Morgan fingerprint density at radius 1 is 1.02 bits per heavy atom. The second-order valence-corrected chi connectivity index (χ2v) is 12.0. The number of nitrogens with zero attached hydrogens (tertiary/aromatic N) is 1. The van der Waals surface area contributed by atoms with Gasteiger partial charge in [-0.05, 0) is 61.9 Å². The van der Waals surface area contributed by atoms with Crippen LogP contribution in [-0.2, 0) is 27.6 Å². The number of halogens is 3. The van der Waals surface area contributed by atoms with Gasteiger partial charge in [-0.1, -0.05) is 41.9 Å². The normalized spacial score (nSPS) is 12.4. The van der Waals surface area contributed by atoms with E-state index in [1.807, 2.05) is 37.3 Å². The molecular weight excluding hydrogens is 574 g/mol. The van der Waals surface area contributed by atoms with Crippen LogP contribution >= 0.6 is 11.6 Å². The molecule has 0 aliphatic rings. The van der Waals surface area contributed by atoms with Crippen molar-refractivity contribution in [3.63, 3.8) is 0 Å². The fourth-order valence-corrected chi connectivity index (χ4v) is 5.19. The van der Waals surface area contributed by atoms with Crippen molar-refractivity contribution in [3.8, 4) is 11.4 Å². The minimum atomic E-state index is -3.39. The third kappa shape index (κ3) is 7.72. The minimum Gasteiger partial charge on any atom is -0.433 e. The van der Waals surface area contributed by atoms with Gasteiger partial charge < -0.3 is 19.4 Å². The van der Waals surface area contributed by atoms with E-state index in [9.17, 15) is 22.0 Å². The van der Waals surface area contributed by atoms with Gasteiger partial charge in [-0.25, -0.2) is 8.42 Å². The van der Waals surface area contributed by atoms with Crippen LogP contribution < -0.4 is 10.1 Å². The molecule has 7 nitrogen and oxygen atoms in total. The van der Waals surface area contributed by atoms with Gasteiger partial charge in [0.15, 0.2) is 15.6 Å². The molecule has 0 bridgehead atoms. The number of alkyl halides is 2. The predicted molar refractivity (Wildman–Crippen MR) is 154 cm³/mol. The van der Waals surface area contributed by atoms with Crippen molar-refractivity contribution in [3.05, 3.63) is 106 Å². The molecule has 4 aromatic rings. The van der Waals surface area contributed by atoms with E-state index in [2.05, 4.69) is 5.32 Å². The molecule has 0 unspecified atom stereocenters. The summed E-state index contributed by atoms with van der Waals surface area (Å²) in [4.78, 5) is 13.5. The monoisotopic (exact) mass is 602 g/mol. The molecule has 0 aliphatic heterocycles. The number of aromatic nitrogens is 1. The molecule has 3 aromatic carbocycles. The van der Waals surface area contributed by atoms with Gasteiger partial charge in [0.2, 0.25) is 0 Å². The first-order chi connectivity index (χ1) is 19.4. The molecule has 0 saturated carbocycles. The highest BCUT2D eigenvalue weighted by Crippen LogP contribution is 2.33. The number of anilines is 1. The summed E-state index contributed by atoms with van der Waals surface area (Å²) in [5.41, 5.74) is 3.07. The lowest BCUT2D eigenvalue weighted by Gasteiger charge is -2.19. The maximum Gasteiger partial charge on any atom is 0.387 e. The van der Waals surface area contributed by atoms with Crippen LogP contribution in [0.3, 0.4) is 0 Å². The molecule has 4 rings (SSSR count). The van der Waals surface area contributed by atoms with Crippen molar-refractivity contribution in [1.82, 2.24) is 4.57 Å². The largest absolute Gasteiger partial charge is 0.433 e. The van der Waals surface area contributed by atoms with E-state index in [0.29, 0.717) is 35.7 Å². The third-order valence-electron chi connectivity index (χ3n) is 6.36. The number of hydrogen-bond donors (Lipinski definition) is 1. The maximum absolute atomic E-state index is 13.4. The maximum atomic E-state index is 13.4. The summed E-state index contributed by atoms with van der Waals surface area (Å²) in [7, 11) is -3.39. The summed E-state index contributed by atoms with van der Waals surface area (Å²) >= 11 is 6.08. The summed E-state index contributed by atoms with van der Waals surface area (Å²) in [6.07, 6.45) is 1.15. The minimum absolute atomic E-state index is 0.124. The zero-order valence-corrected chi connectivity index (χ0v) is 24.2. The molecular formula is C30H29ClF2N2O5S. The van der Waals surface area contributed by atoms with Crippen LogP contribution in [0.4, 0.5) is 14.5 Å². The van der Waals surface area contributed by atoms with Crippen molar-refractivity contribution < 1.29 is 31.5 Å². The molecule has 0 saturated heterocycles. The number of carbonyl (C=O) groups is 1. The number of rotatable bonds is 11. The number of ether oxygens (including phenoxy) is 2. The van der Waals surface area contributed by atoms with Crippen molar-refractivity contribution in [2.75, 3.05) is 11.6 Å². The van der Waals surface area contributed by atoms with E-state index >= 15 is 0 Å². The Bertz CT molecular complexity index is 1620. The van der Waals surface area contributed by atoms with Gasteiger partial charge in [0, 0.05) is 40.8 Å². The molecule has 11 heteroatoms. The summed E-state index contributed by atoms with van der Waals surface area (Å²) < 4.78 is 62.7. The standard InChI is InChI=1S/C30H29ClF2N2O5S/c1-19(39-18-21-7-5-4-6-8-21)15-24-17-26(29(36)34-23-10-12-25(13-11-23)41(3,37)38)20(2)35(24)27-14-9-22(31)16-28(27)40-30(32)33/h4-14,16-17,19,30H,15,18H2,1-3H3,(H,34,36)/t19-/m0/s1. The highest BCUT2D eigenvalue weighted by Gasteiger charge is 2.23. The van der Waals surface area contributed by atoms with E-state index in [1.165, 1.54) is 30.3 Å². The lowest BCUT2D eigenvalue weighted by atomic mass is 10.1. The molecule has 0 aliphatic carbocycles. The first-order valence-electron chi connectivity index (χ1n) is 12.7. The van der Waals surface area contributed by atoms with E-state index < -0.39 is 22.4 Å². The molecule has 1 aromatic heterocycles. The van der Waals surface area contributed by atoms with E-state index in [-0.39, 0.29) is 27.5 Å². The quantitative estimate of drug-likeness (QED) is 0.203. The third-order valence-corrected chi connectivity index (χ3v) is 7.72. The molecule has 0 radical (unpaired) electrons. The Hall–Kier alpha value is -3.73. The summed E-state index contributed by atoms with van der Waals surface area (Å²) in [6.45, 7) is 0.870. The van der Waals surface area contributed by atoms with E-state index in [4.69, 9.17) is 21.1 Å². The zero-order valence-electron chi connectivity index (χ0n) is 22.6. The molecule has 1 atom stereocenters. The number of benzene rings is 3. The first kappa shape index (κ1) is 30.2. The van der Waals surface area contributed by atoms with Gasteiger partial charge in [-0.2, -0.15) is 8.78 Å². The smallest absolute Gasteiger partial charge is 0.387 e. The van der Waals surface area contributed by atoms with Gasteiger partial charge >= 0.3 is 6.61 Å². The summed E-state index contributed by atoms with van der Waals surface area (Å²) in [5.74, 6) is -0.605. The number of amides is 1. The predicted octanol–water partition coefficient (Wildman–Crippen LogP) is 6.84. The SMILES string of the molecule is Cc1c(C(=O)Nc2ccc(S(C)(=O)=O)cc2)cc(C[C@H](C)OCc2ccccc2)n1-c1ccc(Cl)cc1OC(F)F. The molecule has 1 amide bonds. The molecule has 216 valence electrons. The molecule has 0 spiro atoms. The Kier molecular flexibility index (Phi) is 9.47. The number of nitrogens with one attached hydrogen (secondary N) is 1. The highest BCUT2D eigenvalue weighted by molar-refractivity contribution is 7.90. The second-order valence-electron chi connectivity index (χ2n) is 9.52. The highest BCUT2D eigenvalue weighted by atomic mass is 35.5. The average Bonchev–Trinajstić information content (AvgIpc) is 3.23. The zero-order chi connectivity index (χ0) is 29.7. The van der Waals surface area contributed by atoms with Crippen molar-refractivity contribution in [2.45, 2.75) is 44.5 Å². The fraction of sp³-hybridized carbons (Fsp3) is 0.233. The van der Waals surface area contributed by atoms with E-state index in [0.717, 1.165) is 11.8 Å². The first-order valence-corrected chi connectivity index (χ1v) is 14.9. The van der Waals surface area contributed by atoms with Crippen LogP contribution in [0.2, 0.25) is 5.02 Å². The fourth-order valence-electron chi connectivity index (χ4n) is 4.40. The topological polar surface area (TPSA) is 86.6 Å². The Balaban J connectivity index is 1.68. The Labute approximate surface area is 242 Å². The van der Waals surface area contributed by atoms with Gasteiger partial charge in [-0.3, -0.25) is 4.79 Å². The summed E-state index contributed by atoms with van der Waals surface area (Å²) in [6, 6.07) is 21.5. The lowest BCUT2D eigenvalue weighted by molar-refractivity contribution is -0.0498. The molecule has 0 fully saturated rings. The number of sulfone groups is 1. The van der Waals surface area contributed by atoms with Gasteiger partial charge in [0.05, 0.1) is 28.9 Å². The van der Waals surface area contributed by atoms with Crippen LogP contribution in [0.15, 0.2) is 83.8 Å². The van der Waals surface area contributed by atoms with Crippen LogP contribution in [-0.4, -0.2) is 37.9 Å². The average molecular weight is 603 g/mol. The van der Waals surface area contributed by atoms with Crippen LogP contribution in [0.1, 0.15) is 34.2 Å². The Morgan fingerprint density at radius 2 is 1.71 bits per heavy atom. The van der Waals surface area contributed by atoms with Gasteiger partial charge in [-0.15, -0.1) is 0 Å². The van der Waals surface area contributed by atoms with Gasteiger partial charge in [0.1, 0.15) is 0 Å². The van der Waals surface area contributed by atoms with Crippen molar-refractivity contribution >= 4 is 33.0 Å². The van der Waals surface area contributed by atoms with Crippen LogP contribution in [0.25, 0.3) is 5.69 Å². The van der Waals surface area contributed by atoms with Crippen LogP contribution in [0.5, 0.6) is 5.75 Å². The number of carbonyl (C=O) groups excluding carboxylic acids is 1. The van der Waals surface area contributed by atoms with Crippen molar-refractivity contribution in [2.24, 2.45) is 0 Å². The number of hydrogen-bond acceptors (Lipinski definition) is 5. The molecule has 41 heavy (non-hydrogen) atoms. The van der Waals surface area contributed by atoms with Crippen molar-refractivity contribution in [1.29, 1.82) is 0 Å². The lowest BCUT2D eigenvalue weighted by Crippen LogP contribution is -2.16. The van der Waals surface area contributed by atoms with Crippen LogP contribution in [0, 0.1) is 6.92 Å². The Morgan fingerprint density at radius 3 is 2.34 bits per heavy atom. The second kappa shape index (κ2) is 12.8. The summed E-state index contributed by atoms with van der Waals surface area (Å²) in [5, 5.41) is 2.99. The van der Waals surface area contributed by atoms with E-state index in [1.54, 1.807) is 29.7 Å². The van der Waals surface area contributed by atoms with Gasteiger partial charge in [0.25, 0.3) is 5.91 Å². The molecule has 1 N–H and O–H groups in total. The molecule has 1 heterocycles.